The maximum Gasteiger partial charge on any atom is 0.256 e. The fourth-order valence-electron chi connectivity index (χ4n) is 2.77. The van der Waals surface area contributed by atoms with E-state index in [4.69, 9.17) is 0 Å². The van der Waals surface area contributed by atoms with E-state index in [2.05, 4.69) is 21.2 Å². The number of amides is 1. The summed E-state index contributed by atoms with van der Waals surface area (Å²) in [5.41, 5.74) is 2.16. The van der Waals surface area contributed by atoms with Crippen molar-refractivity contribution < 1.29 is 4.79 Å². The molecular weight excluding hydrogens is 332 g/mol. The van der Waals surface area contributed by atoms with Crippen molar-refractivity contribution in [3.63, 3.8) is 0 Å². The van der Waals surface area contributed by atoms with Gasteiger partial charge in [0.05, 0.1) is 5.52 Å². The third-order valence-electron chi connectivity index (χ3n) is 4.07. The van der Waals surface area contributed by atoms with E-state index in [0.717, 1.165) is 34.9 Å². The first kappa shape index (κ1) is 14.3. The molecule has 0 fully saturated rings. The van der Waals surface area contributed by atoms with Crippen LogP contribution in [-0.2, 0) is 13.0 Å². The van der Waals surface area contributed by atoms with Gasteiger partial charge in [-0.2, -0.15) is 0 Å². The Morgan fingerprint density at radius 1 is 1.48 bits per heavy atom. The summed E-state index contributed by atoms with van der Waals surface area (Å²) in [6.45, 7) is 4.75. The molecule has 0 saturated carbocycles. The van der Waals surface area contributed by atoms with E-state index in [-0.39, 0.29) is 22.9 Å². The van der Waals surface area contributed by atoms with Gasteiger partial charge < -0.3 is 9.88 Å². The summed E-state index contributed by atoms with van der Waals surface area (Å²) in [5, 5.41) is 3.49. The highest BCUT2D eigenvalue weighted by atomic mass is 79.9. The zero-order valence-corrected chi connectivity index (χ0v) is 13.7. The number of nitrogens with one attached hydrogen (secondary N) is 1. The Labute approximate surface area is 131 Å². The summed E-state index contributed by atoms with van der Waals surface area (Å²) in [7, 11) is 0. The molecule has 0 radical (unpaired) electrons. The van der Waals surface area contributed by atoms with E-state index in [1.165, 1.54) is 0 Å². The highest BCUT2D eigenvalue weighted by molar-refractivity contribution is 9.10. The van der Waals surface area contributed by atoms with Crippen LogP contribution in [0.25, 0.3) is 10.9 Å². The molecule has 1 aromatic heterocycles. The van der Waals surface area contributed by atoms with Gasteiger partial charge in [-0.3, -0.25) is 9.59 Å². The number of carbonyl (C=O) groups excluding carboxylic acids is 1. The number of aromatic nitrogens is 1. The van der Waals surface area contributed by atoms with Crippen molar-refractivity contribution >= 4 is 32.7 Å². The molecule has 4 nitrogen and oxygen atoms in total. The zero-order chi connectivity index (χ0) is 15.1. The molecule has 2 heterocycles. The van der Waals surface area contributed by atoms with Gasteiger partial charge in [0, 0.05) is 28.6 Å². The first-order valence-electron chi connectivity index (χ1n) is 7.17. The van der Waals surface area contributed by atoms with Gasteiger partial charge in [0.2, 0.25) is 5.43 Å². The molecule has 1 N–H and O–H groups in total. The van der Waals surface area contributed by atoms with Crippen LogP contribution in [0.15, 0.2) is 27.6 Å². The molecule has 0 spiro atoms. The highest BCUT2D eigenvalue weighted by Gasteiger charge is 2.21. The van der Waals surface area contributed by atoms with Gasteiger partial charge >= 0.3 is 0 Å². The standard InChI is InChI=1S/C16H17BrN2O2/c1-3-9(2)18-16(21)13-8-19-5-4-10-6-11(17)7-12(14(10)19)15(13)20/h6-9H,3-5H2,1-2H3,(H,18,21)/t9-/m0/s1. The largest absolute Gasteiger partial charge is 0.349 e. The van der Waals surface area contributed by atoms with Crippen molar-refractivity contribution in [2.75, 3.05) is 0 Å². The van der Waals surface area contributed by atoms with E-state index in [1.807, 2.05) is 30.5 Å². The van der Waals surface area contributed by atoms with Crippen LogP contribution in [0.4, 0.5) is 0 Å². The first-order valence-corrected chi connectivity index (χ1v) is 7.97. The van der Waals surface area contributed by atoms with Gasteiger partial charge in [-0.1, -0.05) is 22.9 Å². The Bertz CT molecular complexity index is 795. The maximum atomic E-state index is 12.6. The number of pyridine rings is 1. The summed E-state index contributed by atoms with van der Waals surface area (Å²) < 4.78 is 2.90. The van der Waals surface area contributed by atoms with Crippen LogP contribution >= 0.6 is 15.9 Å². The Balaban J connectivity index is 2.17. The predicted octanol–water partition coefficient (Wildman–Crippen LogP) is 2.85. The number of hydrogen-bond donors (Lipinski definition) is 1. The smallest absolute Gasteiger partial charge is 0.256 e. The zero-order valence-electron chi connectivity index (χ0n) is 12.1. The molecule has 5 heteroatoms. The summed E-state index contributed by atoms with van der Waals surface area (Å²) >= 11 is 3.45. The summed E-state index contributed by atoms with van der Waals surface area (Å²) in [4.78, 5) is 24.9. The van der Waals surface area contributed by atoms with Gasteiger partial charge in [-0.05, 0) is 37.5 Å². The van der Waals surface area contributed by atoms with Crippen molar-refractivity contribution in [3.8, 4) is 0 Å². The SMILES string of the molecule is CC[C@H](C)NC(=O)c1cn2c3c(cc(Br)cc3c1=O)CC2. The second-order valence-corrected chi connectivity index (χ2v) is 6.47. The van der Waals surface area contributed by atoms with E-state index in [9.17, 15) is 9.59 Å². The van der Waals surface area contributed by atoms with E-state index in [1.54, 1.807) is 6.20 Å². The van der Waals surface area contributed by atoms with E-state index in [0.29, 0.717) is 5.39 Å². The van der Waals surface area contributed by atoms with Crippen molar-refractivity contribution in [3.05, 3.63) is 44.2 Å². The molecule has 0 aliphatic carbocycles. The summed E-state index contributed by atoms with van der Waals surface area (Å²) in [6.07, 6.45) is 3.43. The number of nitrogens with zero attached hydrogens (tertiary/aromatic N) is 1. The van der Waals surface area contributed by atoms with Crippen molar-refractivity contribution in [1.29, 1.82) is 0 Å². The van der Waals surface area contributed by atoms with Crippen LogP contribution < -0.4 is 10.7 Å². The topological polar surface area (TPSA) is 51.1 Å². The van der Waals surface area contributed by atoms with Gasteiger partial charge in [-0.25, -0.2) is 0 Å². The van der Waals surface area contributed by atoms with Crippen molar-refractivity contribution in [2.45, 2.75) is 39.3 Å². The molecule has 110 valence electrons. The molecule has 1 aromatic carbocycles. The number of hydrogen-bond acceptors (Lipinski definition) is 2. The lowest BCUT2D eigenvalue weighted by Crippen LogP contribution is -2.35. The predicted molar refractivity (Wildman–Crippen MR) is 86.8 cm³/mol. The molecule has 2 aromatic rings. The summed E-state index contributed by atoms with van der Waals surface area (Å²) in [6, 6.07) is 3.91. The van der Waals surface area contributed by atoms with Crippen LogP contribution in [0, 0.1) is 0 Å². The molecular formula is C16H17BrN2O2. The number of rotatable bonds is 3. The first-order chi connectivity index (χ1) is 10.0. The van der Waals surface area contributed by atoms with Crippen LogP contribution in [0.1, 0.15) is 36.2 Å². The summed E-state index contributed by atoms with van der Waals surface area (Å²) in [5.74, 6) is -0.284. The third kappa shape index (κ3) is 2.39. The molecule has 1 atom stereocenters. The van der Waals surface area contributed by atoms with Gasteiger partial charge in [0.25, 0.3) is 5.91 Å². The monoisotopic (exact) mass is 348 g/mol. The lowest BCUT2D eigenvalue weighted by molar-refractivity contribution is 0.0937. The number of halogens is 1. The highest BCUT2D eigenvalue weighted by Crippen LogP contribution is 2.28. The molecule has 0 saturated heterocycles. The van der Waals surface area contributed by atoms with Gasteiger partial charge in [0.15, 0.2) is 0 Å². The Hall–Kier alpha value is -1.62. The van der Waals surface area contributed by atoms with Crippen molar-refractivity contribution in [2.24, 2.45) is 0 Å². The molecule has 0 bridgehead atoms. The molecule has 1 aliphatic heterocycles. The second kappa shape index (κ2) is 5.30. The van der Waals surface area contributed by atoms with E-state index < -0.39 is 0 Å². The van der Waals surface area contributed by atoms with Crippen molar-refractivity contribution in [1.82, 2.24) is 9.88 Å². The van der Waals surface area contributed by atoms with Gasteiger partial charge in [-0.15, -0.1) is 0 Å². The Kier molecular flexibility index (Phi) is 3.61. The second-order valence-electron chi connectivity index (χ2n) is 5.56. The van der Waals surface area contributed by atoms with Crippen LogP contribution in [0.2, 0.25) is 0 Å². The molecule has 1 amide bonds. The Morgan fingerprint density at radius 2 is 2.24 bits per heavy atom. The minimum Gasteiger partial charge on any atom is -0.349 e. The quantitative estimate of drug-likeness (QED) is 0.927. The minimum atomic E-state index is -0.284. The average molecular weight is 349 g/mol. The van der Waals surface area contributed by atoms with E-state index >= 15 is 0 Å². The lowest BCUT2D eigenvalue weighted by Gasteiger charge is -2.13. The molecule has 3 rings (SSSR count). The third-order valence-corrected chi connectivity index (χ3v) is 4.53. The molecule has 21 heavy (non-hydrogen) atoms. The lowest BCUT2D eigenvalue weighted by atomic mass is 10.1. The minimum absolute atomic E-state index is 0.0595. The Morgan fingerprint density at radius 3 is 2.95 bits per heavy atom. The maximum absolute atomic E-state index is 12.6. The number of aryl methyl sites for hydroxylation is 2. The fourth-order valence-corrected chi connectivity index (χ4v) is 3.27. The van der Waals surface area contributed by atoms with Crippen LogP contribution in [0.3, 0.4) is 0 Å². The van der Waals surface area contributed by atoms with Gasteiger partial charge in [0.1, 0.15) is 5.56 Å². The molecule has 0 unspecified atom stereocenters. The molecule has 1 aliphatic rings. The van der Waals surface area contributed by atoms with Crippen LogP contribution in [0.5, 0.6) is 0 Å². The van der Waals surface area contributed by atoms with Crippen LogP contribution in [-0.4, -0.2) is 16.5 Å². The normalized spacial score (nSPS) is 14.4. The fraction of sp³-hybridized carbons (Fsp3) is 0.375. The number of benzene rings is 1. The average Bonchev–Trinajstić information content (AvgIpc) is 2.85. The number of carbonyl (C=O) groups is 1.